The van der Waals surface area contributed by atoms with Crippen LogP contribution in [0.5, 0.6) is 0 Å². The highest BCUT2D eigenvalue weighted by molar-refractivity contribution is 5.31. The van der Waals surface area contributed by atoms with Crippen molar-refractivity contribution in [2.75, 3.05) is 0 Å². The van der Waals surface area contributed by atoms with E-state index >= 15 is 0 Å². The van der Waals surface area contributed by atoms with E-state index in [0.717, 1.165) is 24.8 Å². The zero-order valence-corrected chi connectivity index (χ0v) is 9.19. The van der Waals surface area contributed by atoms with Crippen molar-refractivity contribution in [3.05, 3.63) is 34.9 Å². The summed E-state index contributed by atoms with van der Waals surface area (Å²) in [4.78, 5) is 0. The van der Waals surface area contributed by atoms with E-state index in [1.807, 2.05) is 13.8 Å². The first-order valence-corrected chi connectivity index (χ1v) is 5.58. The molecule has 1 aliphatic rings. The van der Waals surface area contributed by atoms with Gasteiger partial charge in [0.25, 0.3) is 0 Å². The Morgan fingerprint density at radius 1 is 1.13 bits per heavy atom. The third-order valence-electron chi connectivity index (χ3n) is 3.28. The first kappa shape index (κ1) is 10.6. The molecular weight excluding hydrogens is 194 g/mol. The lowest BCUT2D eigenvalue weighted by Gasteiger charge is -2.27. The smallest absolute Gasteiger partial charge is 0.129 e. The van der Waals surface area contributed by atoms with E-state index in [2.05, 4.69) is 0 Å². The summed E-state index contributed by atoms with van der Waals surface area (Å²) in [6.07, 6.45) is 2.94. The monoisotopic (exact) mass is 210 g/mol. The minimum Gasteiger partial charge on any atom is -0.207 e. The van der Waals surface area contributed by atoms with Crippen LogP contribution < -0.4 is 0 Å². The molecule has 1 aromatic carbocycles. The largest absolute Gasteiger partial charge is 0.207 e. The predicted octanol–water partition coefficient (Wildman–Crippen LogP) is 4.36. The summed E-state index contributed by atoms with van der Waals surface area (Å²) in [7, 11) is 0. The molecule has 0 nitrogen and oxygen atoms in total. The zero-order valence-electron chi connectivity index (χ0n) is 9.19. The van der Waals surface area contributed by atoms with Crippen LogP contribution in [0.1, 0.15) is 56.1 Å². The van der Waals surface area contributed by atoms with E-state index in [1.54, 1.807) is 0 Å². The van der Waals surface area contributed by atoms with Crippen LogP contribution in [0.3, 0.4) is 0 Å². The Bertz CT molecular complexity index is 342. The topological polar surface area (TPSA) is 0 Å². The quantitative estimate of drug-likeness (QED) is 0.680. The average Bonchev–Trinajstić information content (AvgIpc) is 2.07. The van der Waals surface area contributed by atoms with Crippen LogP contribution in [-0.4, -0.2) is 0 Å². The Morgan fingerprint density at radius 3 is 2.00 bits per heavy atom. The highest BCUT2D eigenvalue weighted by Gasteiger charge is 2.26. The van der Waals surface area contributed by atoms with Crippen molar-refractivity contribution < 1.29 is 8.78 Å². The van der Waals surface area contributed by atoms with Crippen molar-refractivity contribution in [1.29, 1.82) is 0 Å². The van der Waals surface area contributed by atoms with Crippen LogP contribution in [0, 0.1) is 11.6 Å². The highest BCUT2D eigenvalue weighted by Crippen LogP contribution is 2.39. The second kappa shape index (κ2) is 3.92. The van der Waals surface area contributed by atoms with E-state index in [1.165, 1.54) is 12.1 Å². The summed E-state index contributed by atoms with van der Waals surface area (Å²) in [6, 6.07) is 2.98. The molecule has 0 spiro atoms. The lowest BCUT2D eigenvalue weighted by Crippen LogP contribution is -2.13. The molecule has 0 heterocycles. The molecule has 0 saturated heterocycles. The maximum absolute atomic E-state index is 13.7. The molecule has 1 saturated carbocycles. The molecule has 0 radical (unpaired) electrons. The molecule has 82 valence electrons. The van der Waals surface area contributed by atoms with Gasteiger partial charge in [-0.05, 0) is 42.4 Å². The lowest BCUT2D eigenvalue weighted by molar-refractivity contribution is 0.386. The second-order valence-electron chi connectivity index (χ2n) is 4.68. The van der Waals surface area contributed by atoms with Gasteiger partial charge in [0.2, 0.25) is 0 Å². The summed E-state index contributed by atoms with van der Waals surface area (Å²) in [5, 5.41) is 0. The van der Waals surface area contributed by atoms with Gasteiger partial charge in [-0.3, -0.25) is 0 Å². The van der Waals surface area contributed by atoms with Crippen molar-refractivity contribution in [2.45, 2.75) is 44.9 Å². The summed E-state index contributed by atoms with van der Waals surface area (Å²) < 4.78 is 27.4. The van der Waals surface area contributed by atoms with E-state index in [-0.39, 0.29) is 23.5 Å². The third kappa shape index (κ3) is 1.90. The molecule has 0 aliphatic heterocycles. The van der Waals surface area contributed by atoms with Gasteiger partial charge in [0.15, 0.2) is 0 Å². The van der Waals surface area contributed by atoms with Gasteiger partial charge < -0.3 is 0 Å². The Balaban J connectivity index is 2.39. The summed E-state index contributed by atoms with van der Waals surface area (Å²) in [6.45, 7) is 3.88. The van der Waals surface area contributed by atoms with E-state index in [4.69, 9.17) is 0 Å². The number of halogens is 2. The van der Waals surface area contributed by atoms with Crippen molar-refractivity contribution in [3.8, 4) is 0 Å². The highest BCUT2D eigenvalue weighted by atomic mass is 19.1. The number of benzene rings is 1. The minimum absolute atomic E-state index is 0.117. The number of hydrogen-bond donors (Lipinski definition) is 0. The molecule has 2 heteroatoms. The first-order valence-electron chi connectivity index (χ1n) is 5.58. The molecule has 15 heavy (non-hydrogen) atoms. The van der Waals surface area contributed by atoms with Crippen molar-refractivity contribution in [1.82, 2.24) is 0 Å². The Kier molecular flexibility index (Phi) is 2.76. The van der Waals surface area contributed by atoms with Gasteiger partial charge in [-0.1, -0.05) is 20.3 Å². The molecule has 0 amide bonds. The fourth-order valence-corrected chi connectivity index (χ4v) is 2.02. The fourth-order valence-electron chi connectivity index (χ4n) is 2.02. The summed E-state index contributed by atoms with van der Waals surface area (Å²) >= 11 is 0. The predicted molar refractivity (Wildman–Crippen MR) is 57.0 cm³/mol. The van der Waals surface area contributed by atoms with Gasteiger partial charge in [0, 0.05) is 5.56 Å². The van der Waals surface area contributed by atoms with Crippen LogP contribution in [0.4, 0.5) is 8.78 Å². The summed E-state index contributed by atoms with van der Waals surface area (Å²) in [5.74, 6) is -0.428. The van der Waals surface area contributed by atoms with Crippen LogP contribution >= 0.6 is 0 Å². The molecule has 1 aliphatic carbocycles. The molecule has 1 fully saturated rings. The van der Waals surface area contributed by atoms with Crippen molar-refractivity contribution >= 4 is 0 Å². The maximum Gasteiger partial charge on any atom is 0.129 e. The van der Waals surface area contributed by atoms with Gasteiger partial charge >= 0.3 is 0 Å². The van der Waals surface area contributed by atoms with Crippen molar-refractivity contribution in [3.63, 3.8) is 0 Å². The maximum atomic E-state index is 13.7. The molecular formula is C13H16F2. The van der Waals surface area contributed by atoms with E-state index < -0.39 is 0 Å². The van der Waals surface area contributed by atoms with Crippen LogP contribution in [-0.2, 0) is 0 Å². The molecule has 0 unspecified atom stereocenters. The Hall–Kier alpha value is -0.920. The lowest BCUT2D eigenvalue weighted by atomic mass is 9.79. The molecule has 2 rings (SSSR count). The molecule has 0 bridgehead atoms. The van der Waals surface area contributed by atoms with Gasteiger partial charge in [-0.25, -0.2) is 8.78 Å². The Labute approximate surface area is 89.3 Å². The van der Waals surface area contributed by atoms with Gasteiger partial charge in [0.1, 0.15) is 11.6 Å². The average molecular weight is 210 g/mol. The Morgan fingerprint density at radius 2 is 1.67 bits per heavy atom. The number of rotatable bonds is 2. The standard InChI is InChI=1S/C13H16F2/c1-8(2)10-6-11(14)13(12(15)7-10)9-4-3-5-9/h6-9H,3-5H2,1-2H3. The number of hydrogen-bond acceptors (Lipinski definition) is 0. The first-order chi connectivity index (χ1) is 7.09. The molecule has 0 N–H and O–H groups in total. The second-order valence-corrected chi connectivity index (χ2v) is 4.68. The van der Waals surface area contributed by atoms with Gasteiger partial charge in [-0.15, -0.1) is 0 Å². The van der Waals surface area contributed by atoms with Crippen LogP contribution in [0.25, 0.3) is 0 Å². The van der Waals surface area contributed by atoms with Gasteiger partial charge in [-0.2, -0.15) is 0 Å². The third-order valence-corrected chi connectivity index (χ3v) is 3.28. The van der Waals surface area contributed by atoms with E-state index in [0.29, 0.717) is 5.56 Å². The van der Waals surface area contributed by atoms with E-state index in [9.17, 15) is 8.78 Å². The molecule has 1 aromatic rings. The van der Waals surface area contributed by atoms with Crippen LogP contribution in [0.2, 0.25) is 0 Å². The molecule has 0 atom stereocenters. The SMILES string of the molecule is CC(C)c1cc(F)c(C2CCC2)c(F)c1. The normalized spacial score (nSPS) is 16.9. The van der Waals surface area contributed by atoms with Crippen LogP contribution in [0.15, 0.2) is 12.1 Å². The fraction of sp³-hybridized carbons (Fsp3) is 0.538. The summed E-state index contributed by atoms with van der Waals surface area (Å²) in [5.41, 5.74) is 1.05. The van der Waals surface area contributed by atoms with Crippen molar-refractivity contribution in [2.24, 2.45) is 0 Å². The zero-order chi connectivity index (χ0) is 11.0. The minimum atomic E-state index is -0.358. The molecule has 0 aromatic heterocycles. The van der Waals surface area contributed by atoms with Gasteiger partial charge in [0.05, 0.1) is 0 Å².